The molecule has 2 atom stereocenters. The first-order valence-electron chi connectivity index (χ1n) is 10.4. The van der Waals surface area contributed by atoms with Crippen LogP contribution in [0.2, 0.25) is 5.82 Å². The number of pyridine rings is 1. The standard InChI is InChI=1S/C21H23BN2O9/c1-10-19(27)15(25)4-5-23(10)9-17(26)24-7-11(8-24)33-16-3-2-12(13-6-14(13)22(31)32)20(28)18(16)21(29)30/h2-5,11,13-14,27-28,31-32H,6-9H2,1H3,(H,29,30)/t13-,14-/m0/s1. The molecule has 12 heteroatoms. The summed E-state index contributed by atoms with van der Waals surface area (Å²) in [6, 6.07) is 4.11. The molecule has 1 aromatic heterocycles. The number of benzene rings is 1. The van der Waals surface area contributed by atoms with Crippen molar-refractivity contribution in [2.24, 2.45) is 0 Å². The number of hydrogen-bond acceptors (Lipinski definition) is 8. The highest BCUT2D eigenvalue weighted by Crippen LogP contribution is 2.56. The number of rotatable bonds is 7. The summed E-state index contributed by atoms with van der Waals surface area (Å²) in [5.74, 6) is -3.36. The van der Waals surface area contributed by atoms with Crippen molar-refractivity contribution in [3.05, 3.63) is 51.4 Å². The van der Waals surface area contributed by atoms with E-state index in [9.17, 15) is 39.8 Å². The van der Waals surface area contributed by atoms with Crippen molar-refractivity contribution in [2.75, 3.05) is 13.1 Å². The maximum absolute atomic E-state index is 12.5. The number of likely N-dealkylation sites (tertiary alicyclic amines) is 1. The second-order valence-electron chi connectivity index (χ2n) is 8.38. The number of aromatic carboxylic acids is 1. The molecule has 1 aromatic carbocycles. The molecular weight excluding hydrogens is 435 g/mol. The Balaban J connectivity index is 1.40. The Bertz CT molecular complexity index is 1170. The molecule has 1 aliphatic heterocycles. The van der Waals surface area contributed by atoms with Gasteiger partial charge in [-0.05, 0) is 30.9 Å². The average Bonchev–Trinajstić information content (AvgIpc) is 3.51. The molecule has 11 nitrogen and oxygen atoms in total. The number of carbonyl (C=O) groups is 2. The highest BCUT2D eigenvalue weighted by atomic mass is 16.5. The molecule has 1 aliphatic carbocycles. The van der Waals surface area contributed by atoms with Crippen LogP contribution in [0.15, 0.2) is 29.2 Å². The third kappa shape index (κ3) is 4.26. The number of ether oxygens (including phenoxy) is 1. The number of aromatic hydroxyl groups is 2. The molecule has 2 fully saturated rings. The van der Waals surface area contributed by atoms with Crippen molar-refractivity contribution in [1.82, 2.24) is 9.47 Å². The lowest BCUT2D eigenvalue weighted by Gasteiger charge is -2.39. The van der Waals surface area contributed by atoms with Crippen LogP contribution in [0.3, 0.4) is 0 Å². The van der Waals surface area contributed by atoms with E-state index in [1.807, 2.05) is 0 Å². The molecule has 0 bridgehead atoms. The Morgan fingerprint density at radius 1 is 1.15 bits per heavy atom. The van der Waals surface area contributed by atoms with Gasteiger partial charge in [-0.15, -0.1) is 0 Å². The van der Waals surface area contributed by atoms with Gasteiger partial charge in [-0.3, -0.25) is 9.59 Å². The van der Waals surface area contributed by atoms with Gasteiger partial charge in [0.15, 0.2) is 5.75 Å². The molecule has 2 heterocycles. The van der Waals surface area contributed by atoms with Gasteiger partial charge in [-0.1, -0.05) is 6.07 Å². The van der Waals surface area contributed by atoms with E-state index in [2.05, 4.69) is 0 Å². The first-order valence-corrected chi connectivity index (χ1v) is 10.4. The van der Waals surface area contributed by atoms with Crippen LogP contribution in [-0.4, -0.2) is 73.0 Å². The molecule has 2 aromatic rings. The van der Waals surface area contributed by atoms with Crippen LogP contribution in [0.4, 0.5) is 0 Å². The molecule has 0 unspecified atom stereocenters. The number of nitrogens with zero attached hydrogens (tertiary/aromatic N) is 2. The molecule has 174 valence electrons. The van der Waals surface area contributed by atoms with Crippen molar-refractivity contribution in [1.29, 1.82) is 0 Å². The summed E-state index contributed by atoms with van der Waals surface area (Å²) in [5.41, 5.74) is -0.336. The lowest BCUT2D eigenvalue weighted by Crippen LogP contribution is -2.57. The van der Waals surface area contributed by atoms with E-state index in [-0.39, 0.29) is 42.9 Å². The summed E-state index contributed by atoms with van der Waals surface area (Å²) in [7, 11) is -1.54. The summed E-state index contributed by atoms with van der Waals surface area (Å²) in [6.07, 6.45) is 1.37. The summed E-state index contributed by atoms with van der Waals surface area (Å²) < 4.78 is 7.18. The smallest absolute Gasteiger partial charge is 0.455 e. The number of aromatic nitrogens is 1. The van der Waals surface area contributed by atoms with Crippen molar-refractivity contribution in [2.45, 2.75) is 37.7 Å². The number of carboxylic acids is 1. The van der Waals surface area contributed by atoms with E-state index in [1.54, 1.807) is 0 Å². The Hall–Kier alpha value is -3.51. The highest BCUT2D eigenvalue weighted by molar-refractivity contribution is 6.44. The van der Waals surface area contributed by atoms with Crippen molar-refractivity contribution >= 4 is 19.0 Å². The fraction of sp³-hybridized carbons (Fsp3) is 0.381. The van der Waals surface area contributed by atoms with Crippen LogP contribution in [-0.2, 0) is 11.3 Å². The van der Waals surface area contributed by atoms with Crippen molar-refractivity contribution in [3.63, 3.8) is 0 Å². The number of carbonyl (C=O) groups excluding carboxylic acids is 1. The van der Waals surface area contributed by atoms with E-state index in [0.29, 0.717) is 12.0 Å². The molecule has 5 N–H and O–H groups in total. The minimum absolute atomic E-state index is 0.0382. The normalized spacial score (nSPS) is 19.7. The Labute approximate surface area is 188 Å². The van der Waals surface area contributed by atoms with Gasteiger partial charge < -0.3 is 39.6 Å². The first-order chi connectivity index (χ1) is 15.6. The molecule has 2 aliphatic rings. The van der Waals surface area contributed by atoms with E-state index < -0.39 is 47.5 Å². The number of hydrogen-bond donors (Lipinski definition) is 5. The number of carboxylic acid groups (broad SMARTS) is 1. The van der Waals surface area contributed by atoms with E-state index in [4.69, 9.17) is 4.74 Å². The van der Waals surface area contributed by atoms with Crippen LogP contribution < -0.4 is 10.2 Å². The van der Waals surface area contributed by atoms with Crippen molar-refractivity contribution in [3.8, 4) is 17.2 Å². The lowest BCUT2D eigenvalue weighted by molar-refractivity contribution is -0.140. The fourth-order valence-corrected chi connectivity index (χ4v) is 4.07. The monoisotopic (exact) mass is 458 g/mol. The largest absolute Gasteiger partial charge is 0.507 e. The molecular formula is C21H23BN2O9. The van der Waals surface area contributed by atoms with Gasteiger partial charge in [0, 0.05) is 18.1 Å². The van der Waals surface area contributed by atoms with Gasteiger partial charge in [0.25, 0.3) is 0 Å². The second-order valence-corrected chi connectivity index (χ2v) is 8.38. The molecule has 1 saturated carbocycles. The minimum atomic E-state index is -1.54. The van der Waals surface area contributed by atoms with Gasteiger partial charge in [0.2, 0.25) is 11.3 Å². The Morgan fingerprint density at radius 2 is 1.85 bits per heavy atom. The number of amides is 1. The number of phenols is 1. The zero-order chi connectivity index (χ0) is 24.0. The lowest BCUT2D eigenvalue weighted by atomic mass is 9.81. The van der Waals surface area contributed by atoms with Gasteiger partial charge in [-0.25, -0.2) is 4.79 Å². The molecule has 0 radical (unpaired) electrons. The SMILES string of the molecule is Cc1c(O)c(=O)ccn1CC(=O)N1CC(Oc2ccc([C@@H]3C[C@@H]3B(O)O)c(O)c2C(=O)O)C1. The van der Waals surface area contributed by atoms with Crippen LogP contribution in [0.25, 0.3) is 0 Å². The molecule has 4 rings (SSSR count). The van der Waals surface area contributed by atoms with Crippen molar-refractivity contribution < 1.29 is 39.7 Å². The summed E-state index contributed by atoms with van der Waals surface area (Å²) in [6.45, 7) is 1.85. The Kier molecular flexibility index (Phi) is 5.81. The molecule has 0 spiro atoms. The molecule has 1 amide bonds. The van der Waals surface area contributed by atoms with Gasteiger partial charge in [0.05, 0.1) is 18.8 Å². The molecule has 1 saturated heterocycles. The fourth-order valence-electron chi connectivity index (χ4n) is 4.07. The average molecular weight is 458 g/mol. The van der Waals surface area contributed by atoms with Gasteiger partial charge >= 0.3 is 13.1 Å². The van der Waals surface area contributed by atoms with Crippen LogP contribution in [0.1, 0.15) is 34.0 Å². The van der Waals surface area contributed by atoms with Crippen LogP contribution >= 0.6 is 0 Å². The Morgan fingerprint density at radius 3 is 2.45 bits per heavy atom. The van der Waals surface area contributed by atoms with Gasteiger partial charge in [0.1, 0.15) is 29.7 Å². The third-order valence-electron chi connectivity index (χ3n) is 6.22. The topological polar surface area (TPSA) is 170 Å². The van der Waals surface area contributed by atoms with E-state index in [1.165, 1.54) is 40.8 Å². The van der Waals surface area contributed by atoms with Crippen LogP contribution in [0, 0.1) is 6.92 Å². The third-order valence-corrected chi connectivity index (χ3v) is 6.22. The summed E-state index contributed by atoms with van der Waals surface area (Å²) in [5, 5.41) is 48.4. The summed E-state index contributed by atoms with van der Waals surface area (Å²) in [4.78, 5) is 37.2. The van der Waals surface area contributed by atoms with E-state index >= 15 is 0 Å². The second kappa shape index (κ2) is 8.45. The zero-order valence-electron chi connectivity index (χ0n) is 17.7. The van der Waals surface area contributed by atoms with Crippen LogP contribution in [0.5, 0.6) is 17.2 Å². The molecule has 33 heavy (non-hydrogen) atoms. The maximum Gasteiger partial charge on any atom is 0.455 e. The summed E-state index contributed by atoms with van der Waals surface area (Å²) >= 11 is 0. The predicted octanol–water partition coefficient (Wildman–Crippen LogP) is -0.114. The highest BCUT2D eigenvalue weighted by Gasteiger charge is 2.48. The zero-order valence-corrected chi connectivity index (χ0v) is 17.7. The predicted molar refractivity (Wildman–Crippen MR) is 114 cm³/mol. The van der Waals surface area contributed by atoms with Gasteiger partial charge in [-0.2, -0.15) is 0 Å². The quantitative estimate of drug-likeness (QED) is 0.355. The maximum atomic E-state index is 12.5. The first kappa shape index (κ1) is 22.7. The minimum Gasteiger partial charge on any atom is -0.507 e. The van der Waals surface area contributed by atoms with E-state index in [0.717, 1.165) is 0 Å².